The minimum atomic E-state index is 0.357. The Morgan fingerprint density at radius 2 is 2.12 bits per heavy atom. The van der Waals surface area contributed by atoms with Gasteiger partial charge in [0.05, 0.1) is 11.9 Å². The normalized spacial score (nSPS) is 10.4. The number of anilines is 1. The van der Waals surface area contributed by atoms with Crippen LogP contribution in [0.25, 0.3) is 0 Å². The van der Waals surface area contributed by atoms with E-state index in [-0.39, 0.29) is 0 Å². The van der Waals surface area contributed by atoms with E-state index in [9.17, 15) is 0 Å². The van der Waals surface area contributed by atoms with Crippen molar-refractivity contribution in [2.45, 2.75) is 0 Å². The van der Waals surface area contributed by atoms with Gasteiger partial charge < -0.3 is 0 Å². The minimum absolute atomic E-state index is 0.357. The Kier molecular flexibility index (Phi) is 3.12. The molecule has 0 aliphatic heterocycles. The van der Waals surface area contributed by atoms with E-state index in [2.05, 4.69) is 20.5 Å². The molecule has 0 unspecified atom stereocenters. The van der Waals surface area contributed by atoms with Gasteiger partial charge in [0.2, 0.25) is 0 Å². The number of benzene rings is 1. The number of nitrogens with zero attached hydrogens (tertiary/aromatic N) is 5. The number of rotatable bonds is 3. The third-order valence-electron chi connectivity index (χ3n) is 2.15. The van der Waals surface area contributed by atoms with Crippen LogP contribution in [-0.2, 0) is 0 Å². The molecule has 0 spiro atoms. The van der Waals surface area contributed by atoms with Crippen LogP contribution in [0.3, 0.4) is 0 Å². The van der Waals surface area contributed by atoms with Crippen molar-refractivity contribution >= 4 is 11.5 Å². The molecule has 0 bridgehead atoms. The van der Waals surface area contributed by atoms with Crippen molar-refractivity contribution in [3.05, 3.63) is 42.1 Å². The third-order valence-corrected chi connectivity index (χ3v) is 2.15. The van der Waals surface area contributed by atoms with Gasteiger partial charge in [-0.05, 0) is 12.1 Å². The lowest BCUT2D eigenvalue weighted by Gasteiger charge is -2.09. The minimum Gasteiger partial charge on any atom is -0.259 e. The lowest BCUT2D eigenvalue weighted by atomic mass is 10.3. The van der Waals surface area contributed by atoms with Crippen LogP contribution >= 0.6 is 0 Å². The summed E-state index contributed by atoms with van der Waals surface area (Å²) in [5, 5.41) is 24.6. The van der Waals surface area contributed by atoms with Crippen LogP contribution in [0, 0.1) is 11.3 Å². The van der Waals surface area contributed by atoms with Crippen molar-refractivity contribution in [3.8, 4) is 6.07 Å². The summed E-state index contributed by atoms with van der Waals surface area (Å²) in [5.74, 6) is 0.357. The number of nitriles is 1. The van der Waals surface area contributed by atoms with E-state index in [1.165, 1.54) is 6.20 Å². The number of hydrogen-bond acceptors (Lipinski definition) is 4. The van der Waals surface area contributed by atoms with Crippen LogP contribution in [0.15, 0.2) is 46.9 Å². The van der Waals surface area contributed by atoms with E-state index in [0.29, 0.717) is 11.4 Å². The summed E-state index contributed by atoms with van der Waals surface area (Å²) in [7, 11) is 1.78. The van der Waals surface area contributed by atoms with E-state index < -0.39 is 0 Å². The second kappa shape index (κ2) is 4.90. The third kappa shape index (κ3) is 2.46. The van der Waals surface area contributed by atoms with Crippen molar-refractivity contribution in [1.82, 2.24) is 10.2 Å². The van der Waals surface area contributed by atoms with Gasteiger partial charge >= 0.3 is 0 Å². The van der Waals surface area contributed by atoms with Gasteiger partial charge in [-0.15, -0.1) is 5.11 Å². The quantitative estimate of drug-likeness (QED) is 0.644. The zero-order valence-corrected chi connectivity index (χ0v) is 9.20. The predicted molar refractivity (Wildman–Crippen MR) is 62.7 cm³/mol. The number of H-pyrrole nitrogens is 1. The maximum atomic E-state index is 8.76. The summed E-state index contributed by atoms with van der Waals surface area (Å²) in [4.78, 5) is 0. The highest BCUT2D eigenvalue weighted by Gasteiger charge is 2.03. The average Bonchev–Trinajstić information content (AvgIpc) is 2.84. The number of aromatic nitrogens is 2. The molecule has 0 saturated carbocycles. The molecule has 0 saturated heterocycles. The molecule has 0 amide bonds. The highest BCUT2D eigenvalue weighted by Crippen LogP contribution is 2.16. The average molecular weight is 226 g/mol. The van der Waals surface area contributed by atoms with Gasteiger partial charge in [-0.1, -0.05) is 23.4 Å². The van der Waals surface area contributed by atoms with Gasteiger partial charge in [-0.2, -0.15) is 10.4 Å². The van der Waals surface area contributed by atoms with E-state index >= 15 is 0 Å². The maximum absolute atomic E-state index is 8.76. The summed E-state index contributed by atoms with van der Waals surface area (Å²) in [5.41, 5.74) is 1.28. The Balaban J connectivity index is 2.15. The molecule has 1 aromatic carbocycles. The predicted octanol–water partition coefficient (Wildman–Crippen LogP) is 2.42. The van der Waals surface area contributed by atoms with Crippen LogP contribution in [0.1, 0.15) is 5.56 Å². The first kappa shape index (κ1) is 10.8. The number of para-hydroxylation sites is 1. The van der Waals surface area contributed by atoms with Gasteiger partial charge in [0.15, 0.2) is 5.82 Å². The van der Waals surface area contributed by atoms with Gasteiger partial charge in [0.1, 0.15) is 11.6 Å². The molecule has 6 heteroatoms. The summed E-state index contributed by atoms with van der Waals surface area (Å²) in [6.07, 6.45) is 1.41. The number of aromatic amines is 1. The standard InChI is InChI=1S/C11H10N6/c1-17(10-5-3-2-4-6-10)16-15-11-9(7-12)8-13-14-11/h2-6,8H,1H3,(H,13,14). The largest absolute Gasteiger partial charge is 0.259 e. The molecule has 17 heavy (non-hydrogen) atoms. The van der Waals surface area contributed by atoms with Crippen LogP contribution in [0.5, 0.6) is 0 Å². The van der Waals surface area contributed by atoms with Gasteiger partial charge in [-0.3, -0.25) is 5.10 Å². The molecule has 1 aromatic heterocycles. The maximum Gasteiger partial charge on any atom is 0.190 e. The second-order valence-electron chi connectivity index (χ2n) is 3.29. The topological polar surface area (TPSA) is 80.4 Å². The first-order valence-electron chi connectivity index (χ1n) is 4.95. The molecule has 0 atom stereocenters. The molecular weight excluding hydrogens is 216 g/mol. The fourth-order valence-corrected chi connectivity index (χ4v) is 1.24. The number of nitrogens with one attached hydrogen (secondary N) is 1. The van der Waals surface area contributed by atoms with Crippen LogP contribution in [0.4, 0.5) is 11.5 Å². The molecule has 1 N–H and O–H groups in total. The Morgan fingerprint density at radius 3 is 2.82 bits per heavy atom. The molecule has 0 aliphatic rings. The molecule has 2 aromatic rings. The molecule has 1 heterocycles. The molecule has 0 fully saturated rings. The monoisotopic (exact) mass is 226 g/mol. The zero-order chi connectivity index (χ0) is 12.1. The smallest absolute Gasteiger partial charge is 0.190 e. The summed E-state index contributed by atoms with van der Waals surface area (Å²) in [6.45, 7) is 0. The van der Waals surface area contributed by atoms with Crippen molar-refractivity contribution in [2.24, 2.45) is 10.3 Å². The highest BCUT2D eigenvalue weighted by molar-refractivity contribution is 5.46. The molecule has 6 nitrogen and oxygen atoms in total. The molecule has 0 radical (unpaired) electrons. The first-order valence-corrected chi connectivity index (χ1v) is 4.95. The lowest BCUT2D eigenvalue weighted by molar-refractivity contribution is 0.908. The van der Waals surface area contributed by atoms with E-state index in [0.717, 1.165) is 5.69 Å². The number of hydrogen-bond donors (Lipinski definition) is 1. The van der Waals surface area contributed by atoms with Crippen LogP contribution in [0.2, 0.25) is 0 Å². The van der Waals surface area contributed by atoms with E-state index in [1.54, 1.807) is 12.1 Å². The Morgan fingerprint density at radius 1 is 1.35 bits per heavy atom. The lowest BCUT2D eigenvalue weighted by Crippen LogP contribution is -2.06. The van der Waals surface area contributed by atoms with Crippen molar-refractivity contribution in [2.75, 3.05) is 12.1 Å². The molecule has 84 valence electrons. The van der Waals surface area contributed by atoms with Gasteiger partial charge in [-0.25, -0.2) is 5.01 Å². The molecule has 2 rings (SSSR count). The second-order valence-corrected chi connectivity index (χ2v) is 3.29. The zero-order valence-electron chi connectivity index (χ0n) is 9.20. The Bertz CT molecular complexity index is 551. The van der Waals surface area contributed by atoms with Gasteiger partial charge in [0.25, 0.3) is 0 Å². The highest BCUT2D eigenvalue weighted by atomic mass is 15.5. The summed E-state index contributed by atoms with van der Waals surface area (Å²) < 4.78 is 0. The summed E-state index contributed by atoms with van der Waals surface area (Å²) >= 11 is 0. The summed E-state index contributed by atoms with van der Waals surface area (Å²) in [6, 6.07) is 11.6. The van der Waals surface area contributed by atoms with Crippen molar-refractivity contribution in [1.29, 1.82) is 5.26 Å². The SMILES string of the molecule is CN(N=Nc1[nH]ncc1C#N)c1ccccc1. The van der Waals surface area contributed by atoms with E-state index in [4.69, 9.17) is 5.26 Å². The fourth-order valence-electron chi connectivity index (χ4n) is 1.24. The van der Waals surface area contributed by atoms with Crippen molar-refractivity contribution in [3.63, 3.8) is 0 Å². The van der Waals surface area contributed by atoms with E-state index in [1.807, 2.05) is 36.4 Å². The Hall–Kier alpha value is -2.68. The van der Waals surface area contributed by atoms with Crippen LogP contribution < -0.4 is 5.01 Å². The van der Waals surface area contributed by atoms with Gasteiger partial charge in [0, 0.05) is 7.05 Å². The first-order chi connectivity index (χ1) is 8.31. The molecule has 0 aliphatic carbocycles. The Labute approximate surface area is 98.2 Å². The van der Waals surface area contributed by atoms with Crippen molar-refractivity contribution < 1.29 is 0 Å². The molecular formula is C11H10N6. The van der Waals surface area contributed by atoms with Crippen LogP contribution in [-0.4, -0.2) is 17.2 Å². The fraction of sp³-hybridized carbons (Fsp3) is 0.0909.